The second-order valence-corrected chi connectivity index (χ2v) is 6.36. The number of benzene rings is 1. The average molecular weight is 317 g/mol. The highest BCUT2D eigenvalue weighted by atomic mass is 16.1. The zero-order valence-corrected chi connectivity index (χ0v) is 13.6. The Labute approximate surface area is 141 Å². The van der Waals surface area contributed by atoms with E-state index in [0.717, 1.165) is 22.2 Å². The summed E-state index contributed by atoms with van der Waals surface area (Å²) in [5.74, 6) is 0.457. The number of para-hydroxylation sites is 1. The quantitative estimate of drug-likeness (QED) is 0.791. The zero-order chi connectivity index (χ0) is 16.5. The molecule has 2 aromatic heterocycles. The van der Waals surface area contributed by atoms with E-state index in [-0.39, 0.29) is 11.9 Å². The van der Waals surface area contributed by atoms with Crippen LogP contribution in [0.2, 0.25) is 0 Å². The van der Waals surface area contributed by atoms with Gasteiger partial charge in [0.1, 0.15) is 0 Å². The van der Waals surface area contributed by atoms with Crippen molar-refractivity contribution in [1.29, 1.82) is 0 Å². The van der Waals surface area contributed by atoms with Gasteiger partial charge in [-0.25, -0.2) is 0 Å². The van der Waals surface area contributed by atoms with E-state index in [1.807, 2.05) is 49.4 Å². The van der Waals surface area contributed by atoms with Gasteiger partial charge in [-0.3, -0.25) is 14.8 Å². The molecule has 1 aromatic carbocycles. The minimum Gasteiger partial charge on any atom is -0.345 e. The molecule has 0 bridgehead atoms. The first-order valence-electron chi connectivity index (χ1n) is 8.33. The SMILES string of the molecule is C[C@@H](NC(=O)c1cc(C2CC2)nc2ccccc12)c1ccncc1. The predicted octanol–water partition coefficient (Wildman–Crippen LogP) is 4.00. The third-order valence-electron chi connectivity index (χ3n) is 4.53. The molecule has 1 aliphatic rings. The molecule has 24 heavy (non-hydrogen) atoms. The minimum absolute atomic E-state index is 0.0557. The maximum Gasteiger partial charge on any atom is 0.252 e. The summed E-state index contributed by atoms with van der Waals surface area (Å²) in [6.07, 6.45) is 5.82. The molecule has 4 nitrogen and oxygen atoms in total. The molecular formula is C20H19N3O. The van der Waals surface area contributed by atoms with Crippen molar-refractivity contribution in [3.05, 3.63) is 71.7 Å². The third-order valence-corrected chi connectivity index (χ3v) is 4.53. The first-order valence-corrected chi connectivity index (χ1v) is 8.33. The fraction of sp³-hybridized carbons (Fsp3) is 0.250. The number of hydrogen-bond acceptors (Lipinski definition) is 3. The van der Waals surface area contributed by atoms with Gasteiger partial charge in [0, 0.05) is 29.4 Å². The summed E-state index contributed by atoms with van der Waals surface area (Å²) in [7, 11) is 0. The Hall–Kier alpha value is -2.75. The molecule has 0 radical (unpaired) electrons. The van der Waals surface area contributed by atoms with Crippen molar-refractivity contribution in [2.75, 3.05) is 0 Å². The minimum atomic E-state index is -0.0724. The zero-order valence-electron chi connectivity index (χ0n) is 13.6. The number of nitrogens with one attached hydrogen (secondary N) is 1. The van der Waals surface area contributed by atoms with Gasteiger partial charge in [-0.1, -0.05) is 18.2 Å². The van der Waals surface area contributed by atoms with Crippen molar-refractivity contribution in [2.24, 2.45) is 0 Å². The van der Waals surface area contributed by atoms with Crippen molar-refractivity contribution in [3.8, 4) is 0 Å². The van der Waals surface area contributed by atoms with Gasteiger partial charge in [-0.05, 0) is 49.6 Å². The van der Waals surface area contributed by atoms with Crippen LogP contribution in [-0.4, -0.2) is 15.9 Å². The molecule has 4 heteroatoms. The Bertz CT molecular complexity index is 888. The van der Waals surface area contributed by atoms with Gasteiger partial charge in [-0.2, -0.15) is 0 Å². The lowest BCUT2D eigenvalue weighted by Crippen LogP contribution is -2.27. The fourth-order valence-corrected chi connectivity index (χ4v) is 2.98. The van der Waals surface area contributed by atoms with Crippen LogP contribution in [0.15, 0.2) is 54.9 Å². The standard InChI is InChI=1S/C20H19N3O/c1-13(14-8-10-21-11-9-14)22-20(24)17-12-19(15-6-7-15)23-18-5-3-2-4-16(17)18/h2-5,8-13,15H,6-7H2,1H3,(H,22,24)/t13-/m1/s1. The molecule has 1 N–H and O–H groups in total. The number of amides is 1. The van der Waals surface area contributed by atoms with Crippen LogP contribution >= 0.6 is 0 Å². The molecule has 1 fully saturated rings. The largest absolute Gasteiger partial charge is 0.345 e. The topological polar surface area (TPSA) is 54.9 Å². The van der Waals surface area contributed by atoms with E-state index >= 15 is 0 Å². The Morgan fingerprint density at radius 3 is 2.67 bits per heavy atom. The van der Waals surface area contributed by atoms with Gasteiger partial charge in [0.2, 0.25) is 0 Å². The Kier molecular flexibility index (Phi) is 3.73. The van der Waals surface area contributed by atoms with Gasteiger partial charge < -0.3 is 5.32 Å². The number of rotatable bonds is 4. The second kappa shape index (κ2) is 6.04. The highest BCUT2D eigenvalue weighted by Gasteiger charge is 2.27. The highest BCUT2D eigenvalue weighted by molar-refractivity contribution is 6.06. The normalized spacial score (nSPS) is 15.2. The Morgan fingerprint density at radius 2 is 1.92 bits per heavy atom. The number of aromatic nitrogens is 2. The summed E-state index contributed by atoms with van der Waals surface area (Å²) < 4.78 is 0. The summed E-state index contributed by atoms with van der Waals surface area (Å²) in [5, 5.41) is 4.00. The van der Waals surface area contributed by atoms with Gasteiger partial charge in [-0.15, -0.1) is 0 Å². The molecule has 120 valence electrons. The van der Waals surface area contributed by atoms with Crippen LogP contribution in [0.3, 0.4) is 0 Å². The van der Waals surface area contributed by atoms with Crippen LogP contribution < -0.4 is 5.32 Å². The summed E-state index contributed by atoms with van der Waals surface area (Å²) in [4.78, 5) is 21.6. The maximum atomic E-state index is 12.9. The van der Waals surface area contributed by atoms with E-state index in [4.69, 9.17) is 4.98 Å². The van der Waals surface area contributed by atoms with Crippen LogP contribution in [0.1, 0.15) is 53.3 Å². The molecule has 4 rings (SSSR count). The number of pyridine rings is 2. The summed E-state index contributed by atoms with van der Waals surface area (Å²) in [6.45, 7) is 1.98. The van der Waals surface area contributed by atoms with Crippen LogP contribution in [0.5, 0.6) is 0 Å². The molecule has 1 aliphatic carbocycles. The van der Waals surface area contributed by atoms with Crippen LogP contribution in [0.4, 0.5) is 0 Å². The van der Waals surface area contributed by atoms with Crippen molar-refractivity contribution < 1.29 is 4.79 Å². The van der Waals surface area contributed by atoms with Crippen LogP contribution in [0.25, 0.3) is 10.9 Å². The molecule has 2 heterocycles. The van der Waals surface area contributed by atoms with Crippen molar-refractivity contribution >= 4 is 16.8 Å². The van der Waals surface area contributed by atoms with E-state index in [1.54, 1.807) is 12.4 Å². The highest BCUT2D eigenvalue weighted by Crippen LogP contribution is 2.40. The number of nitrogens with zero attached hydrogens (tertiary/aromatic N) is 2. The number of hydrogen-bond donors (Lipinski definition) is 1. The average Bonchev–Trinajstić information content (AvgIpc) is 3.46. The first-order chi connectivity index (χ1) is 11.7. The molecule has 3 aromatic rings. The third kappa shape index (κ3) is 2.87. The fourth-order valence-electron chi connectivity index (χ4n) is 2.98. The number of carbonyl (C=O) groups excluding carboxylic acids is 1. The molecule has 1 saturated carbocycles. The van der Waals surface area contributed by atoms with E-state index in [1.165, 1.54) is 12.8 Å². The molecule has 0 unspecified atom stereocenters. The predicted molar refractivity (Wildman–Crippen MR) is 93.8 cm³/mol. The molecule has 1 amide bonds. The van der Waals surface area contributed by atoms with Crippen molar-refractivity contribution in [2.45, 2.75) is 31.7 Å². The second-order valence-electron chi connectivity index (χ2n) is 6.36. The molecule has 0 spiro atoms. The van der Waals surface area contributed by atoms with Crippen LogP contribution in [-0.2, 0) is 0 Å². The van der Waals surface area contributed by atoms with Crippen molar-refractivity contribution in [3.63, 3.8) is 0 Å². The number of fused-ring (bicyclic) bond motifs is 1. The van der Waals surface area contributed by atoms with E-state index < -0.39 is 0 Å². The van der Waals surface area contributed by atoms with Gasteiger partial charge in [0.15, 0.2) is 0 Å². The lowest BCUT2D eigenvalue weighted by molar-refractivity contribution is 0.0941. The molecule has 1 atom stereocenters. The van der Waals surface area contributed by atoms with E-state index in [9.17, 15) is 4.79 Å². The molecule has 0 aliphatic heterocycles. The number of carbonyl (C=O) groups is 1. The smallest absolute Gasteiger partial charge is 0.252 e. The van der Waals surface area contributed by atoms with Crippen LogP contribution in [0, 0.1) is 0 Å². The van der Waals surface area contributed by atoms with Crippen molar-refractivity contribution in [1.82, 2.24) is 15.3 Å². The Balaban J connectivity index is 1.68. The first kappa shape index (κ1) is 14.8. The lowest BCUT2D eigenvalue weighted by atomic mass is 10.0. The van der Waals surface area contributed by atoms with Gasteiger partial charge in [0.25, 0.3) is 5.91 Å². The molecule has 0 saturated heterocycles. The lowest BCUT2D eigenvalue weighted by Gasteiger charge is -2.15. The monoisotopic (exact) mass is 317 g/mol. The molecular weight excluding hydrogens is 298 g/mol. The van der Waals surface area contributed by atoms with Gasteiger partial charge in [0.05, 0.1) is 17.1 Å². The van der Waals surface area contributed by atoms with Gasteiger partial charge >= 0.3 is 0 Å². The summed E-state index contributed by atoms with van der Waals surface area (Å²) in [6, 6.07) is 13.6. The Morgan fingerprint density at radius 1 is 1.17 bits per heavy atom. The summed E-state index contributed by atoms with van der Waals surface area (Å²) >= 11 is 0. The van der Waals surface area contributed by atoms with E-state index in [2.05, 4.69) is 10.3 Å². The van der Waals surface area contributed by atoms with E-state index in [0.29, 0.717) is 11.5 Å². The summed E-state index contributed by atoms with van der Waals surface area (Å²) in [5.41, 5.74) is 3.68. The maximum absolute atomic E-state index is 12.9.